The number of nitrogens with one attached hydrogen (secondary N) is 1. The monoisotopic (exact) mass is 273 g/mol. The number of hydrogen-bond acceptors (Lipinski definition) is 3. The summed E-state index contributed by atoms with van der Waals surface area (Å²) in [6.45, 7) is 1.47. The molecular formula is C16H19NO3. The van der Waals surface area contributed by atoms with Gasteiger partial charge in [0.15, 0.2) is 0 Å². The number of carbonyl (C=O) groups is 2. The van der Waals surface area contributed by atoms with Crippen molar-refractivity contribution in [2.24, 2.45) is 0 Å². The van der Waals surface area contributed by atoms with Crippen molar-refractivity contribution in [3.8, 4) is 0 Å². The molecule has 0 aliphatic rings. The molecule has 106 valence electrons. The number of hydrogen-bond donors (Lipinski definition) is 1. The van der Waals surface area contributed by atoms with Crippen LogP contribution in [0.25, 0.3) is 6.08 Å². The Morgan fingerprint density at radius 2 is 2.00 bits per heavy atom. The maximum atomic E-state index is 11.2. The lowest BCUT2D eigenvalue weighted by atomic mass is 10.1. The SMILES string of the molecule is COC(=O)/C=C/CC(/C=C/c1ccccc1)NC(C)=O. The molecule has 1 N–H and O–H groups in total. The Hall–Kier alpha value is -2.36. The molecule has 1 aromatic carbocycles. The Morgan fingerprint density at radius 3 is 2.60 bits per heavy atom. The van der Waals surface area contributed by atoms with Crippen LogP contribution in [-0.2, 0) is 14.3 Å². The molecular weight excluding hydrogens is 254 g/mol. The zero-order valence-corrected chi connectivity index (χ0v) is 11.7. The molecule has 1 amide bonds. The summed E-state index contributed by atoms with van der Waals surface area (Å²) < 4.78 is 4.51. The number of ether oxygens (including phenoxy) is 1. The molecule has 4 nitrogen and oxygen atoms in total. The molecule has 1 atom stereocenters. The zero-order valence-electron chi connectivity index (χ0n) is 11.7. The van der Waals surface area contributed by atoms with E-state index in [0.29, 0.717) is 6.42 Å². The van der Waals surface area contributed by atoms with Gasteiger partial charge in [-0.15, -0.1) is 0 Å². The summed E-state index contributed by atoms with van der Waals surface area (Å²) in [5.41, 5.74) is 1.06. The van der Waals surface area contributed by atoms with Crippen molar-refractivity contribution < 1.29 is 14.3 Å². The van der Waals surface area contributed by atoms with Gasteiger partial charge in [0, 0.05) is 13.0 Å². The second kappa shape index (κ2) is 8.69. The standard InChI is InChI=1S/C16H19NO3/c1-13(18)17-15(9-6-10-16(19)20-2)12-11-14-7-4-3-5-8-14/h3-8,10-12,15H,9H2,1-2H3,(H,17,18)/b10-6+,12-11+. The number of carbonyl (C=O) groups excluding carboxylic acids is 2. The van der Waals surface area contributed by atoms with Crippen molar-refractivity contribution in [2.75, 3.05) is 7.11 Å². The average Bonchev–Trinajstić information content (AvgIpc) is 2.45. The van der Waals surface area contributed by atoms with Crippen molar-refractivity contribution in [3.05, 3.63) is 54.1 Å². The molecule has 0 heterocycles. The lowest BCUT2D eigenvalue weighted by molar-refractivity contribution is -0.134. The molecule has 0 aromatic heterocycles. The Bertz CT molecular complexity index is 492. The summed E-state index contributed by atoms with van der Waals surface area (Å²) in [6.07, 6.45) is 7.40. The van der Waals surface area contributed by atoms with E-state index in [0.717, 1.165) is 5.56 Å². The van der Waals surface area contributed by atoms with E-state index in [2.05, 4.69) is 10.1 Å². The largest absolute Gasteiger partial charge is 0.466 e. The van der Waals surface area contributed by atoms with Gasteiger partial charge in [0.1, 0.15) is 0 Å². The normalized spacial score (nSPS) is 12.5. The summed E-state index contributed by atoms with van der Waals surface area (Å²) in [4.78, 5) is 22.1. The minimum Gasteiger partial charge on any atom is -0.466 e. The van der Waals surface area contributed by atoms with Crippen LogP contribution in [0.1, 0.15) is 18.9 Å². The van der Waals surface area contributed by atoms with Crippen molar-refractivity contribution in [3.63, 3.8) is 0 Å². The average molecular weight is 273 g/mol. The van der Waals surface area contributed by atoms with Crippen LogP contribution < -0.4 is 5.32 Å². The minimum absolute atomic E-state index is 0.112. The molecule has 1 unspecified atom stereocenters. The highest BCUT2D eigenvalue weighted by atomic mass is 16.5. The first-order chi connectivity index (χ1) is 9.61. The quantitative estimate of drug-likeness (QED) is 0.639. The molecule has 0 radical (unpaired) electrons. The van der Waals surface area contributed by atoms with Crippen LogP contribution in [0.5, 0.6) is 0 Å². The van der Waals surface area contributed by atoms with Crippen LogP contribution in [0.2, 0.25) is 0 Å². The van der Waals surface area contributed by atoms with Gasteiger partial charge in [-0.3, -0.25) is 4.79 Å². The van der Waals surface area contributed by atoms with Gasteiger partial charge in [-0.1, -0.05) is 48.6 Å². The van der Waals surface area contributed by atoms with Gasteiger partial charge in [0.05, 0.1) is 13.2 Å². The third-order valence-corrected chi connectivity index (χ3v) is 2.55. The third-order valence-electron chi connectivity index (χ3n) is 2.55. The van der Waals surface area contributed by atoms with Crippen LogP contribution in [0, 0.1) is 0 Å². The lowest BCUT2D eigenvalue weighted by Gasteiger charge is -2.11. The predicted molar refractivity (Wildman–Crippen MR) is 78.9 cm³/mol. The highest BCUT2D eigenvalue weighted by Crippen LogP contribution is 2.04. The van der Waals surface area contributed by atoms with Crippen LogP contribution in [0.15, 0.2) is 48.6 Å². The van der Waals surface area contributed by atoms with Gasteiger partial charge in [-0.2, -0.15) is 0 Å². The van der Waals surface area contributed by atoms with Crippen molar-refractivity contribution in [1.29, 1.82) is 0 Å². The number of rotatable bonds is 6. The van der Waals surface area contributed by atoms with Crippen molar-refractivity contribution >= 4 is 18.0 Å². The second-order valence-electron chi connectivity index (χ2n) is 4.24. The molecule has 20 heavy (non-hydrogen) atoms. The van der Waals surface area contributed by atoms with Crippen LogP contribution in [0.4, 0.5) is 0 Å². The van der Waals surface area contributed by atoms with Crippen molar-refractivity contribution in [2.45, 2.75) is 19.4 Å². The Balaban J connectivity index is 2.64. The first kappa shape index (κ1) is 15.7. The minimum atomic E-state index is -0.404. The summed E-state index contributed by atoms with van der Waals surface area (Å²) in [5.74, 6) is -0.516. The molecule has 0 bridgehead atoms. The van der Waals surface area contributed by atoms with E-state index >= 15 is 0 Å². The molecule has 0 spiro atoms. The first-order valence-corrected chi connectivity index (χ1v) is 6.36. The summed E-state index contributed by atoms with van der Waals surface area (Å²) in [6, 6.07) is 9.64. The number of benzene rings is 1. The van der Waals surface area contributed by atoms with E-state index in [-0.39, 0.29) is 11.9 Å². The van der Waals surface area contributed by atoms with E-state index in [1.54, 1.807) is 6.08 Å². The van der Waals surface area contributed by atoms with Crippen LogP contribution in [-0.4, -0.2) is 25.0 Å². The van der Waals surface area contributed by atoms with E-state index in [1.165, 1.54) is 20.1 Å². The van der Waals surface area contributed by atoms with Gasteiger partial charge in [0.25, 0.3) is 0 Å². The molecule has 0 aliphatic heterocycles. The molecule has 1 rings (SSSR count). The molecule has 4 heteroatoms. The highest BCUT2D eigenvalue weighted by molar-refractivity contribution is 5.81. The van der Waals surface area contributed by atoms with E-state index < -0.39 is 5.97 Å². The van der Waals surface area contributed by atoms with Gasteiger partial charge in [0.2, 0.25) is 5.91 Å². The predicted octanol–water partition coefficient (Wildman–Crippen LogP) is 2.32. The summed E-state index contributed by atoms with van der Waals surface area (Å²) >= 11 is 0. The highest BCUT2D eigenvalue weighted by Gasteiger charge is 2.04. The first-order valence-electron chi connectivity index (χ1n) is 6.36. The molecule has 1 aromatic rings. The zero-order chi connectivity index (χ0) is 14.8. The van der Waals surface area contributed by atoms with Gasteiger partial charge in [-0.05, 0) is 12.0 Å². The Morgan fingerprint density at radius 1 is 1.30 bits per heavy atom. The van der Waals surface area contributed by atoms with E-state index in [9.17, 15) is 9.59 Å². The fourth-order valence-corrected chi connectivity index (χ4v) is 1.62. The third kappa shape index (κ3) is 6.54. The van der Waals surface area contributed by atoms with Crippen LogP contribution >= 0.6 is 0 Å². The number of amides is 1. The lowest BCUT2D eigenvalue weighted by Crippen LogP contribution is -2.30. The van der Waals surface area contributed by atoms with Gasteiger partial charge in [-0.25, -0.2) is 4.79 Å². The van der Waals surface area contributed by atoms with E-state index in [4.69, 9.17) is 0 Å². The van der Waals surface area contributed by atoms with Crippen molar-refractivity contribution in [1.82, 2.24) is 5.32 Å². The summed E-state index contributed by atoms with van der Waals surface area (Å²) in [7, 11) is 1.33. The van der Waals surface area contributed by atoms with Gasteiger partial charge >= 0.3 is 5.97 Å². The summed E-state index contributed by atoms with van der Waals surface area (Å²) in [5, 5.41) is 2.81. The van der Waals surface area contributed by atoms with E-state index in [1.807, 2.05) is 42.5 Å². The smallest absolute Gasteiger partial charge is 0.330 e. The maximum Gasteiger partial charge on any atom is 0.330 e. The molecule has 0 saturated heterocycles. The van der Waals surface area contributed by atoms with Crippen LogP contribution in [0.3, 0.4) is 0 Å². The second-order valence-corrected chi connectivity index (χ2v) is 4.24. The number of methoxy groups -OCH3 is 1. The fraction of sp³-hybridized carbons (Fsp3) is 0.250. The topological polar surface area (TPSA) is 55.4 Å². The number of esters is 1. The Kier molecular flexibility index (Phi) is 6.82. The van der Waals surface area contributed by atoms with Gasteiger partial charge < -0.3 is 10.1 Å². The maximum absolute atomic E-state index is 11.2. The fourth-order valence-electron chi connectivity index (χ4n) is 1.62. The Labute approximate surface area is 119 Å². The molecule has 0 saturated carbocycles. The molecule has 0 aliphatic carbocycles. The molecule has 0 fully saturated rings.